The van der Waals surface area contributed by atoms with Crippen molar-refractivity contribution in [2.75, 3.05) is 6.54 Å². The lowest BCUT2D eigenvalue weighted by molar-refractivity contribution is -0.455. The molecule has 1 aromatic heterocycles. The number of fused-ring (bicyclic) bond motifs is 1. The van der Waals surface area contributed by atoms with Crippen LogP contribution < -0.4 is 10.6 Å². The molecule has 0 saturated carbocycles. The van der Waals surface area contributed by atoms with Gasteiger partial charge in [-0.3, -0.25) is 10.1 Å². The molecule has 19 heavy (non-hydrogen) atoms. The second-order valence-corrected chi connectivity index (χ2v) is 6.05. The molecule has 0 radical (unpaired) electrons. The summed E-state index contributed by atoms with van der Waals surface area (Å²) in [6.45, 7) is 0.204. The Kier molecular flexibility index (Phi) is 4.97. The molecule has 2 rings (SSSR count). The molecule has 1 amide bonds. The van der Waals surface area contributed by atoms with Gasteiger partial charge in [-0.05, 0) is 23.7 Å². The maximum absolute atomic E-state index is 11.1. The average Bonchev–Trinajstić information content (AvgIpc) is 2.86. The van der Waals surface area contributed by atoms with Gasteiger partial charge < -0.3 is 5.32 Å². The summed E-state index contributed by atoms with van der Waals surface area (Å²) in [6, 6.07) is 1.99. The van der Waals surface area contributed by atoms with Crippen molar-refractivity contribution >= 4 is 63.2 Å². The van der Waals surface area contributed by atoms with Crippen molar-refractivity contribution in [3.63, 3.8) is 0 Å². The maximum atomic E-state index is 11.1. The van der Waals surface area contributed by atoms with Gasteiger partial charge in [0.15, 0.2) is 4.84 Å². The van der Waals surface area contributed by atoms with Gasteiger partial charge in [0.05, 0.1) is 12.1 Å². The van der Waals surface area contributed by atoms with Crippen LogP contribution in [0.15, 0.2) is 17.6 Å². The van der Waals surface area contributed by atoms with E-state index in [9.17, 15) is 4.79 Å². The summed E-state index contributed by atoms with van der Waals surface area (Å²) in [5, 5.41) is 6.36. The standard InChI is InChI=1S/C12H8Cl2N2OS2/c13-10(14)11(17)15-4-1-2-7-6-16-12(18)9-8(7)3-5-19-9/h3,5-6,10H,4H2,(H,15,17)(H,16,18)/p+1. The zero-order valence-corrected chi connectivity index (χ0v) is 12.7. The van der Waals surface area contributed by atoms with Crippen molar-refractivity contribution in [3.8, 4) is 11.8 Å². The van der Waals surface area contributed by atoms with E-state index >= 15 is 0 Å². The van der Waals surface area contributed by atoms with E-state index in [0.29, 0.717) is 0 Å². The normalized spacial score (nSPS) is 13.4. The Morgan fingerprint density at radius 1 is 1.58 bits per heavy atom. The monoisotopic (exact) mass is 331 g/mol. The average molecular weight is 332 g/mol. The first-order chi connectivity index (χ1) is 9.09. The van der Waals surface area contributed by atoms with Gasteiger partial charge in [0.25, 0.3) is 5.91 Å². The summed E-state index contributed by atoms with van der Waals surface area (Å²) < 4.78 is 0. The third kappa shape index (κ3) is 3.56. The molecule has 3 N–H and O–H groups in total. The molecule has 0 saturated heterocycles. The Morgan fingerprint density at radius 2 is 2.37 bits per heavy atom. The van der Waals surface area contributed by atoms with Crippen molar-refractivity contribution in [1.29, 1.82) is 0 Å². The van der Waals surface area contributed by atoms with Crippen molar-refractivity contribution in [3.05, 3.63) is 28.1 Å². The summed E-state index contributed by atoms with van der Waals surface area (Å²) in [5.41, 5.74) is 1.94. The van der Waals surface area contributed by atoms with Gasteiger partial charge in [0.1, 0.15) is 11.1 Å². The molecule has 3 nitrogen and oxygen atoms in total. The molecule has 1 aliphatic heterocycles. The van der Waals surface area contributed by atoms with Crippen molar-refractivity contribution in [2.45, 2.75) is 4.84 Å². The third-order valence-electron chi connectivity index (χ3n) is 2.35. The zero-order valence-electron chi connectivity index (χ0n) is 9.57. The molecule has 0 spiro atoms. The largest absolute Gasteiger partial charge is 0.343 e. The minimum absolute atomic E-state index is 0.204. The lowest BCUT2D eigenvalue weighted by atomic mass is 10.1. The van der Waals surface area contributed by atoms with Crippen molar-refractivity contribution in [1.82, 2.24) is 5.32 Å². The highest BCUT2D eigenvalue weighted by Crippen LogP contribution is 2.24. The molecule has 0 aliphatic carbocycles. The van der Waals surface area contributed by atoms with Crippen LogP contribution in [-0.2, 0) is 4.79 Å². The Bertz CT molecular complexity index is 611. The lowest BCUT2D eigenvalue weighted by Crippen LogP contribution is -2.82. The van der Waals surface area contributed by atoms with Crippen LogP contribution in [0.1, 0.15) is 10.4 Å². The summed E-state index contributed by atoms with van der Waals surface area (Å²) in [4.78, 5) is 11.9. The fraction of sp³-hybridized carbons (Fsp3) is 0.167. The van der Waals surface area contributed by atoms with E-state index in [0.717, 1.165) is 21.0 Å². The molecule has 0 fully saturated rings. The van der Waals surface area contributed by atoms with Gasteiger partial charge in [0, 0.05) is 5.56 Å². The maximum Gasteiger partial charge on any atom is 0.254 e. The molecule has 1 aromatic rings. The number of thiophene rings is 1. The van der Waals surface area contributed by atoms with Crippen molar-refractivity contribution < 1.29 is 10.1 Å². The second kappa shape index (κ2) is 6.51. The lowest BCUT2D eigenvalue weighted by Gasteiger charge is -2.06. The molecule has 1 aliphatic rings. The Hall–Kier alpha value is -0.900. The van der Waals surface area contributed by atoms with Crippen LogP contribution >= 0.6 is 46.8 Å². The number of alkyl halides is 2. The highest BCUT2D eigenvalue weighted by Gasteiger charge is 2.20. The van der Waals surface area contributed by atoms with Gasteiger partial charge >= 0.3 is 0 Å². The molecule has 2 heterocycles. The highest BCUT2D eigenvalue weighted by molar-refractivity contribution is 7.80. The zero-order chi connectivity index (χ0) is 13.8. The number of halogens is 2. The minimum Gasteiger partial charge on any atom is -0.343 e. The number of allylic oxidation sites excluding steroid dienone is 1. The number of amides is 1. The van der Waals surface area contributed by atoms with E-state index in [1.165, 1.54) is 0 Å². The van der Waals surface area contributed by atoms with E-state index in [1.807, 2.05) is 23.0 Å². The molecule has 98 valence electrons. The predicted octanol–water partition coefficient (Wildman–Crippen LogP) is 1.26. The van der Waals surface area contributed by atoms with Crippen molar-refractivity contribution in [2.24, 2.45) is 0 Å². The highest BCUT2D eigenvalue weighted by atomic mass is 35.5. The molecular formula is C12H9Cl2N2OS2+. The SMILES string of the molecule is O=C(NCC#CC1=C[NH2+]C(=S)c2sccc21)C(Cl)Cl. The van der Waals surface area contributed by atoms with Crippen LogP contribution in [-0.4, -0.2) is 22.3 Å². The van der Waals surface area contributed by atoms with Gasteiger partial charge in [-0.15, -0.1) is 11.3 Å². The van der Waals surface area contributed by atoms with Crippen LogP contribution in [0.3, 0.4) is 0 Å². The van der Waals surface area contributed by atoms with E-state index in [2.05, 4.69) is 17.2 Å². The number of quaternary nitrogens is 1. The Labute approximate surface area is 130 Å². The van der Waals surface area contributed by atoms with E-state index in [1.54, 1.807) is 11.3 Å². The molecule has 0 atom stereocenters. The number of hydrogen-bond donors (Lipinski definition) is 2. The third-order valence-corrected chi connectivity index (χ3v) is 4.17. The van der Waals surface area contributed by atoms with Gasteiger partial charge in [0.2, 0.25) is 4.99 Å². The fourth-order valence-corrected chi connectivity index (χ4v) is 2.80. The summed E-state index contributed by atoms with van der Waals surface area (Å²) in [7, 11) is 0. The summed E-state index contributed by atoms with van der Waals surface area (Å²) in [5.74, 6) is 5.42. The number of carbonyl (C=O) groups excluding carboxylic acids is 1. The molecule has 7 heteroatoms. The van der Waals surface area contributed by atoms with Crippen LogP contribution in [0.2, 0.25) is 0 Å². The van der Waals surface area contributed by atoms with Gasteiger partial charge in [-0.25, -0.2) is 0 Å². The number of rotatable bonds is 2. The van der Waals surface area contributed by atoms with Crippen LogP contribution in [0.4, 0.5) is 0 Å². The molecule has 0 bridgehead atoms. The quantitative estimate of drug-likeness (QED) is 0.487. The summed E-state index contributed by atoms with van der Waals surface area (Å²) in [6.07, 6.45) is 1.89. The number of thiocarbonyl (C=S) groups is 1. The molecule has 0 unspecified atom stereocenters. The first-order valence-electron chi connectivity index (χ1n) is 5.31. The number of carbonyl (C=O) groups is 1. The predicted molar refractivity (Wildman–Crippen MR) is 82.2 cm³/mol. The van der Waals surface area contributed by atoms with E-state index < -0.39 is 10.7 Å². The minimum atomic E-state index is -1.06. The topological polar surface area (TPSA) is 45.7 Å². The van der Waals surface area contributed by atoms with E-state index in [4.69, 9.17) is 35.4 Å². The van der Waals surface area contributed by atoms with Crippen LogP contribution in [0.25, 0.3) is 5.57 Å². The van der Waals surface area contributed by atoms with Crippen LogP contribution in [0.5, 0.6) is 0 Å². The number of nitrogens with two attached hydrogens (primary N) is 1. The van der Waals surface area contributed by atoms with Crippen LogP contribution in [0, 0.1) is 11.8 Å². The summed E-state index contributed by atoms with van der Waals surface area (Å²) >= 11 is 17.6. The first kappa shape index (κ1) is 14.5. The molecule has 0 aromatic carbocycles. The van der Waals surface area contributed by atoms with Gasteiger partial charge in [-0.1, -0.05) is 35.0 Å². The molecular weight excluding hydrogens is 323 g/mol. The number of nitrogens with one attached hydrogen (secondary N) is 1. The van der Waals surface area contributed by atoms with Gasteiger partial charge in [-0.2, -0.15) is 0 Å². The first-order valence-corrected chi connectivity index (χ1v) is 7.47. The fourth-order valence-electron chi connectivity index (χ4n) is 1.49. The smallest absolute Gasteiger partial charge is 0.254 e. The second-order valence-electron chi connectivity index (χ2n) is 3.59. The van der Waals surface area contributed by atoms with E-state index in [-0.39, 0.29) is 6.54 Å². The number of hydrogen-bond acceptors (Lipinski definition) is 3. The Morgan fingerprint density at radius 3 is 3.11 bits per heavy atom. The Balaban J connectivity index is 2.02.